The molecule has 4 rings (SSSR count). The third-order valence-electron chi connectivity index (χ3n) is 5.66. The molecule has 170 valence electrons. The fourth-order valence-corrected chi connectivity index (χ4v) is 3.93. The molecule has 2 N–H and O–H groups in total. The molecule has 0 aliphatic carbocycles. The number of amides is 2. The number of hydrogen-bond acceptors (Lipinski definition) is 5. The van der Waals surface area contributed by atoms with Crippen LogP contribution in [-0.4, -0.2) is 45.8 Å². The number of carbonyl (C=O) groups excluding carboxylic acids is 2. The second kappa shape index (κ2) is 10.3. The van der Waals surface area contributed by atoms with Gasteiger partial charge in [-0.2, -0.15) is 0 Å². The van der Waals surface area contributed by atoms with Crippen molar-refractivity contribution >= 4 is 17.6 Å². The molecule has 2 amide bonds. The monoisotopic (exact) mass is 447 g/mol. The number of anilines is 1. The van der Waals surface area contributed by atoms with Crippen LogP contribution < -0.4 is 10.6 Å². The summed E-state index contributed by atoms with van der Waals surface area (Å²) in [5, 5.41) is 5.62. The summed E-state index contributed by atoms with van der Waals surface area (Å²) in [6.45, 7) is 4.75. The van der Waals surface area contributed by atoms with Crippen molar-refractivity contribution in [2.75, 3.05) is 18.4 Å². The third kappa shape index (κ3) is 5.98. The molecule has 0 spiro atoms. The lowest BCUT2D eigenvalue weighted by Gasteiger charge is -2.32. The van der Waals surface area contributed by atoms with Crippen LogP contribution in [0.4, 0.5) is 10.2 Å². The molecule has 0 radical (unpaired) electrons. The molecule has 0 bridgehead atoms. The van der Waals surface area contributed by atoms with Gasteiger partial charge < -0.3 is 10.6 Å². The Hall–Kier alpha value is -3.65. The summed E-state index contributed by atoms with van der Waals surface area (Å²) < 4.78 is 13.1. The van der Waals surface area contributed by atoms with E-state index in [9.17, 15) is 14.0 Å². The highest BCUT2D eigenvalue weighted by Crippen LogP contribution is 2.17. The summed E-state index contributed by atoms with van der Waals surface area (Å²) in [6.07, 6.45) is 4.47. The third-order valence-corrected chi connectivity index (χ3v) is 5.66. The van der Waals surface area contributed by atoms with Crippen molar-refractivity contribution in [3.05, 3.63) is 89.1 Å². The quantitative estimate of drug-likeness (QED) is 0.603. The van der Waals surface area contributed by atoms with E-state index in [0.29, 0.717) is 0 Å². The highest BCUT2D eigenvalue weighted by atomic mass is 19.1. The Kier molecular flexibility index (Phi) is 7.04. The predicted octanol–water partition coefficient (Wildman–Crippen LogP) is 3.57. The number of aromatic nitrogens is 2. The molecule has 0 saturated carbocycles. The largest absolute Gasteiger partial charge is 0.348 e. The number of nitrogens with zero attached hydrogens (tertiary/aromatic N) is 3. The molecule has 1 aliphatic rings. The molecule has 1 saturated heterocycles. The highest BCUT2D eigenvalue weighted by molar-refractivity contribution is 6.07. The molecule has 1 aliphatic heterocycles. The second-order valence-corrected chi connectivity index (χ2v) is 8.23. The standard InChI is InChI=1S/C25H26FN5O2/c1-17-3-2-4-18(15-17)16-31-13-9-21(10-14-31)29-25(33)22-23(28-12-11-27-22)30-24(32)19-5-7-20(26)8-6-19/h2-8,11-12,15,21H,9-10,13-14,16H2,1H3,(H,29,33)(H,28,30,32). The van der Waals surface area contributed by atoms with Crippen molar-refractivity contribution in [3.8, 4) is 0 Å². The van der Waals surface area contributed by atoms with Gasteiger partial charge in [0.1, 0.15) is 5.82 Å². The first-order valence-electron chi connectivity index (χ1n) is 10.9. The highest BCUT2D eigenvalue weighted by Gasteiger charge is 2.24. The Morgan fingerprint density at radius 3 is 2.48 bits per heavy atom. The molecule has 3 aromatic rings. The first-order valence-corrected chi connectivity index (χ1v) is 10.9. The molecule has 1 fully saturated rings. The van der Waals surface area contributed by atoms with Crippen molar-refractivity contribution in [3.63, 3.8) is 0 Å². The fraction of sp³-hybridized carbons (Fsp3) is 0.280. The molecule has 2 aromatic carbocycles. The molecular formula is C25H26FN5O2. The van der Waals surface area contributed by atoms with Crippen LogP contribution in [-0.2, 0) is 6.54 Å². The zero-order valence-electron chi connectivity index (χ0n) is 18.4. The number of hydrogen-bond donors (Lipinski definition) is 2. The number of halogens is 1. The maximum Gasteiger partial charge on any atom is 0.273 e. The predicted molar refractivity (Wildman–Crippen MR) is 123 cm³/mol. The van der Waals surface area contributed by atoms with Gasteiger partial charge in [0.15, 0.2) is 11.5 Å². The van der Waals surface area contributed by atoms with E-state index >= 15 is 0 Å². The van der Waals surface area contributed by atoms with E-state index < -0.39 is 11.7 Å². The van der Waals surface area contributed by atoms with Gasteiger partial charge >= 0.3 is 0 Å². The van der Waals surface area contributed by atoms with E-state index in [1.54, 1.807) is 0 Å². The fourth-order valence-electron chi connectivity index (χ4n) is 3.93. The Morgan fingerprint density at radius 2 is 1.76 bits per heavy atom. The van der Waals surface area contributed by atoms with E-state index in [1.807, 2.05) is 0 Å². The molecule has 0 unspecified atom stereocenters. The Labute approximate surface area is 192 Å². The SMILES string of the molecule is Cc1cccc(CN2CCC(NC(=O)c3nccnc3NC(=O)c3ccc(F)cc3)CC2)c1. The van der Waals surface area contributed by atoms with E-state index in [-0.39, 0.29) is 29.0 Å². The lowest BCUT2D eigenvalue weighted by Crippen LogP contribution is -2.44. The number of carbonyl (C=O) groups is 2. The first-order chi connectivity index (χ1) is 16.0. The van der Waals surface area contributed by atoms with Crippen LogP contribution in [0.25, 0.3) is 0 Å². The van der Waals surface area contributed by atoms with Gasteiger partial charge in [-0.1, -0.05) is 29.8 Å². The maximum atomic E-state index is 13.1. The molecule has 33 heavy (non-hydrogen) atoms. The number of piperidine rings is 1. The Morgan fingerprint density at radius 1 is 1.03 bits per heavy atom. The van der Waals surface area contributed by atoms with Gasteiger partial charge in [0.2, 0.25) is 0 Å². The average molecular weight is 448 g/mol. The summed E-state index contributed by atoms with van der Waals surface area (Å²) in [7, 11) is 0. The van der Waals surface area contributed by atoms with Gasteiger partial charge in [-0.15, -0.1) is 0 Å². The van der Waals surface area contributed by atoms with Crippen molar-refractivity contribution in [1.29, 1.82) is 0 Å². The number of likely N-dealkylation sites (tertiary alicyclic amines) is 1. The van der Waals surface area contributed by atoms with Crippen LogP contribution in [0.2, 0.25) is 0 Å². The van der Waals surface area contributed by atoms with Crippen LogP contribution in [0.3, 0.4) is 0 Å². The summed E-state index contributed by atoms with van der Waals surface area (Å²) >= 11 is 0. The molecular weight excluding hydrogens is 421 g/mol. The van der Waals surface area contributed by atoms with E-state index in [0.717, 1.165) is 32.5 Å². The van der Waals surface area contributed by atoms with Crippen LogP contribution >= 0.6 is 0 Å². The van der Waals surface area contributed by atoms with Crippen molar-refractivity contribution in [1.82, 2.24) is 20.2 Å². The molecule has 0 atom stereocenters. The van der Waals surface area contributed by atoms with Crippen LogP contribution in [0, 0.1) is 12.7 Å². The minimum absolute atomic E-state index is 0.0221. The van der Waals surface area contributed by atoms with Gasteiger partial charge in [-0.25, -0.2) is 14.4 Å². The number of rotatable bonds is 6. The van der Waals surface area contributed by atoms with E-state index in [2.05, 4.69) is 56.7 Å². The minimum atomic E-state index is -0.492. The van der Waals surface area contributed by atoms with Gasteiger partial charge in [-0.3, -0.25) is 14.5 Å². The summed E-state index contributed by atoms with van der Waals surface area (Å²) in [5.74, 6) is -1.24. The second-order valence-electron chi connectivity index (χ2n) is 8.23. The summed E-state index contributed by atoms with van der Waals surface area (Å²) in [5.41, 5.74) is 2.85. The number of nitrogens with one attached hydrogen (secondary N) is 2. The van der Waals surface area contributed by atoms with Crippen molar-refractivity contribution in [2.24, 2.45) is 0 Å². The number of aryl methyl sites for hydroxylation is 1. The first kappa shape index (κ1) is 22.5. The zero-order chi connectivity index (χ0) is 23.2. The van der Waals surface area contributed by atoms with Crippen LogP contribution in [0.5, 0.6) is 0 Å². The van der Waals surface area contributed by atoms with Gasteiger partial charge in [0.25, 0.3) is 11.8 Å². The van der Waals surface area contributed by atoms with Crippen molar-refractivity contribution in [2.45, 2.75) is 32.4 Å². The molecule has 2 heterocycles. The molecule has 8 heteroatoms. The lowest BCUT2D eigenvalue weighted by atomic mass is 10.0. The molecule has 1 aromatic heterocycles. The van der Waals surface area contributed by atoms with Gasteiger partial charge in [0.05, 0.1) is 0 Å². The van der Waals surface area contributed by atoms with E-state index in [1.165, 1.54) is 47.8 Å². The zero-order valence-corrected chi connectivity index (χ0v) is 18.4. The average Bonchev–Trinajstić information content (AvgIpc) is 2.81. The topological polar surface area (TPSA) is 87.2 Å². The van der Waals surface area contributed by atoms with Crippen LogP contribution in [0.15, 0.2) is 60.9 Å². The Bertz CT molecular complexity index is 1130. The summed E-state index contributed by atoms with van der Waals surface area (Å²) in [4.78, 5) is 35.9. The lowest BCUT2D eigenvalue weighted by molar-refractivity contribution is 0.0904. The number of benzene rings is 2. The smallest absolute Gasteiger partial charge is 0.273 e. The van der Waals surface area contributed by atoms with Gasteiger partial charge in [-0.05, 0) is 49.6 Å². The minimum Gasteiger partial charge on any atom is -0.348 e. The molecule has 7 nitrogen and oxygen atoms in total. The van der Waals surface area contributed by atoms with Gasteiger partial charge in [0, 0.05) is 43.6 Å². The van der Waals surface area contributed by atoms with E-state index in [4.69, 9.17) is 0 Å². The van der Waals surface area contributed by atoms with Crippen LogP contribution in [0.1, 0.15) is 44.8 Å². The van der Waals surface area contributed by atoms with Crippen molar-refractivity contribution < 1.29 is 14.0 Å². The summed E-state index contributed by atoms with van der Waals surface area (Å²) in [6, 6.07) is 13.7. The normalized spacial score (nSPS) is 14.6. The maximum absolute atomic E-state index is 13.1. The Balaban J connectivity index is 1.33.